The van der Waals surface area contributed by atoms with Crippen LogP contribution in [0.5, 0.6) is 0 Å². The third-order valence-corrected chi connectivity index (χ3v) is 3.87. The van der Waals surface area contributed by atoms with Crippen LogP contribution in [0.15, 0.2) is 53.0 Å². The van der Waals surface area contributed by atoms with Crippen LogP contribution in [0.4, 0.5) is 22.0 Å². The summed E-state index contributed by atoms with van der Waals surface area (Å²) >= 11 is 3.12. The zero-order valence-electron chi connectivity index (χ0n) is 13.3. The number of aromatic nitrogens is 3. The van der Waals surface area contributed by atoms with Crippen molar-refractivity contribution in [3.63, 3.8) is 0 Å². The lowest BCUT2D eigenvalue weighted by molar-refractivity contribution is 0.0461. The van der Waals surface area contributed by atoms with E-state index in [1.54, 1.807) is 0 Å². The van der Waals surface area contributed by atoms with Gasteiger partial charge in [-0.15, -0.1) is 0 Å². The minimum Gasteiger partial charge on any atom is -0.454 e. The third-order valence-electron chi connectivity index (χ3n) is 3.21. The second-order valence-corrected chi connectivity index (χ2v) is 5.98. The van der Waals surface area contributed by atoms with Crippen LogP contribution in [0.25, 0.3) is 0 Å². The van der Waals surface area contributed by atoms with Gasteiger partial charge in [-0.3, -0.25) is 0 Å². The van der Waals surface area contributed by atoms with E-state index in [9.17, 15) is 9.18 Å². The minimum atomic E-state index is -0.645. The summed E-state index contributed by atoms with van der Waals surface area (Å²) in [5, 5.41) is 2.99. The van der Waals surface area contributed by atoms with E-state index < -0.39 is 11.8 Å². The lowest BCUT2D eigenvalue weighted by atomic mass is 10.2. The Morgan fingerprint density at radius 1 is 1.15 bits per heavy atom. The van der Waals surface area contributed by atoms with Crippen LogP contribution in [0.2, 0.25) is 0 Å². The fourth-order valence-corrected chi connectivity index (χ4v) is 2.58. The first-order valence-electron chi connectivity index (χ1n) is 7.46. The fraction of sp³-hybridized carbons (Fsp3) is 0.0588. The number of esters is 1. The molecule has 3 N–H and O–H groups in total. The van der Waals surface area contributed by atoms with E-state index in [0.717, 1.165) is 5.69 Å². The molecule has 0 saturated carbocycles. The zero-order chi connectivity index (χ0) is 18.5. The standard InChI is InChI=1S/C17H13BrFN5O2/c18-13-8-10(19)6-7-12(13)15(25)26-9-14-22-16(20)24-17(23-14)21-11-4-2-1-3-5-11/h1-8H,9H2,(H3,20,21,22,23,24). The van der Waals surface area contributed by atoms with Crippen LogP contribution in [0.3, 0.4) is 0 Å². The van der Waals surface area contributed by atoms with Gasteiger partial charge in [0.05, 0.1) is 5.56 Å². The lowest BCUT2D eigenvalue weighted by Gasteiger charge is -2.08. The summed E-state index contributed by atoms with van der Waals surface area (Å²) in [7, 11) is 0. The number of nitrogen functional groups attached to an aromatic ring is 1. The Balaban J connectivity index is 1.70. The van der Waals surface area contributed by atoms with E-state index >= 15 is 0 Å². The molecule has 3 aromatic rings. The highest BCUT2D eigenvalue weighted by atomic mass is 79.9. The quantitative estimate of drug-likeness (QED) is 0.612. The van der Waals surface area contributed by atoms with Crippen LogP contribution in [-0.4, -0.2) is 20.9 Å². The van der Waals surface area contributed by atoms with E-state index in [4.69, 9.17) is 10.5 Å². The van der Waals surface area contributed by atoms with Crippen molar-refractivity contribution in [1.82, 2.24) is 15.0 Å². The maximum absolute atomic E-state index is 13.1. The molecule has 1 heterocycles. The Morgan fingerprint density at radius 3 is 2.65 bits per heavy atom. The first kappa shape index (κ1) is 17.7. The molecule has 0 aliphatic heterocycles. The van der Waals surface area contributed by atoms with Gasteiger partial charge in [-0.1, -0.05) is 18.2 Å². The number of ether oxygens (including phenoxy) is 1. The largest absolute Gasteiger partial charge is 0.454 e. The van der Waals surface area contributed by atoms with Gasteiger partial charge in [0.1, 0.15) is 5.82 Å². The number of para-hydroxylation sites is 1. The Kier molecular flexibility index (Phi) is 5.37. The number of hydrogen-bond acceptors (Lipinski definition) is 7. The van der Waals surface area contributed by atoms with E-state index in [1.807, 2.05) is 30.3 Å². The van der Waals surface area contributed by atoms with Gasteiger partial charge in [0.15, 0.2) is 12.4 Å². The Labute approximate surface area is 156 Å². The summed E-state index contributed by atoms with van der Waals surface area (Å²) in [4.78, 5) is 24.2. The van der Waals surface area contributed by atoms with E-state index in [0.29, 0.717) is 4.47 Å². The third kappa shape index (κ3) is 4.51. The number of nitrogens with one attached hydrogen (secondary N) is 1. The number of benzene rings is 2. The Hall–Kier alpha value is -3.07. The number of hydrogen-bond donors (Lipinski definition) is 2. The van der Waals surface area contributed by atoms with Crippen LogP contribution in [-0.2, 0) is 11.3 Å². The molecule has 0 aliphatic carbocycles. The summed E-state index contributed by atoms with van der Waals surface area (Å²) in [6.45, 7) is -0.209. The van der Waals surface area contributed by atoms with Crippen LogP contribution < -0.4 is 11.1 Å². The fourth-order valence-electron chi connectivity index (χ4n) is 2.07. The van der Waals surface area contributed by atoms with Crippen molar-refractivity contribution in [2.24, 2.45) is 0 Å². The molecule has 0 saturated heterocycles. The second-order valence-electron chi connectivity index (χ2n) is 5.12. The molecule has 0 spiro atoms. The minimum absolute atomic E-state index is 0.00700. The van der Waals surface area contributed by atoms with Gasteiger partial charge in [-0.25, -0.2) is 9.18 Å². The van der Waals surface area contributed by atoms with Crippen LogP contribution >= 0.6 is 15.9 Å². The van der Waals surface area contributed by atoms with Crippen molar-refractivity contribution in [1.29, 1.82) is 0 Å². The molecule has 0 atom stereocenters. The number of nitrogens with two attached hydrogens (primary N) is 1. The monoisotopic (exact) mass is 417 g/mol. The lowest BCUT2D eigenvalue weighted by Crippen LogP contribution is -2.11. The molecule has 0 aliphatic rings. The average Bonchev–Trinajstić information content (AvgIpc) is 2.60. The van der Waals surface area contributed by atoms with Crippen molar-refractivity contribution in [3.05, 3.63) is 70.2 Å². The molecule has 3 rings (SSSR count). The summed E-state index contributed by atoms with van der Waals surface area (Å²) in [6, 6.07) is 12.9. The number of halogens is 2. The molecule has 0 unspecified atom stereocenters. The van der Waals surface area contributed by atoms with Gasteiger partial charge in [-0.2, -0.15) is 15.0 Å². The molecular formula is C17H13BrFN5O2. The Morgan fingerprint density at radius 2 is 1.92 bits per heavy atom. The van der Waals surface area contributed by atoms with Crippen molar-refractivity contribution in [2.75, 3.05) is 11.1 Å². The second kappa shape index (κ2) is 7.87. The predicted molar refractivity (Wildman–Crippen MR) is 97.2 cm³/mol. The highest BCUT2D eigenvalue weighted by Crippen LogP contribution is 2.19. The number of carbonyl (C=O) groups excluding carboxylic acids is 1. The molecule has 0 fully saturated rings. The molecule has 1 aromatic heterocycles. The number of anilines is 3. The van der Waals surface area contributed by atoms with Crippen molar-refractivity contribution < 1.29 is 13.9 Å². The van der Waals surface area contributed by atoms with Gasteiger partial charge in [0, 0.05) is 10.2 Å². The van der Waals surface area contributed by atoms with E-state index in [1.165, 1.54) is 18.2 Å². The molecule has 0 amide bonds. The van der Waals surface area contributed by atoms with Gasteiger partial charge < -0.3 is 15.8 Å². The number of nitrogens with zero attached hydrogens (tertiary/aromatic N) is 3. The SMILES string of the molecule is Nc1nc(COC(=O)c2ccc(F)cc2Br)nc(Nc2ccccc2)n1. The topological polar surface area (TPSA) is 103 Å². The molecule has 9 heteroatoms. The van der Waals surface area contributed by atoms with E-state index in [-0.39, 0.29) is 29.9 Å². The highest BCUT2D eigenvalue weighted by molar-refractivity contribution is 9.10. The van der Waals surface area contributed by atoms with Crippen LogP contribution in [0, 0.1) is 5.82 Å². The first-order valence-corrected chi connectivity index (χ1v) is 8.25. The molecular weight excluding hydrogens is 405 g/mol. The van der Waals surface area contributed by atoms with Gasteiger partial charge in [0.25, 0.3) is 0 Å². The van der Waals surface area contributed by atoms with Gasteiger partial charge in [-0.05, 0) is 46.3 Å². The highest BCUT2D eigenvalue weighted by Gasteiger charge is 2.14. The zero-order valence-corrected chi connectivity index (χ0v) is 14.9. The first-order chi connectivity index (χ1) is 12.5. The van der Waals surface area contributed by atoms with Crippen molar-refractivity contribution >= 4 is 39.5 Å². The summed E-state index contributed by atoms with van der Waals surface area (Å²) in [6.07, 6.45) is 0. The average molecular weight is 418 g/mol. The molecule has 0 bridgehead atoms. The normalized spacial score (nSPS) is 10.4. The summed E-state index contributed by atoms with van der Waals surface area (Å²) in [5.74, 6) is -0.698. The summed E-state index contributed by atoms with van der Waals surface area (Å²) < 4.78 is 18.6. The van der Waals surface area contributed by atoms with Crippen molar-refractivity contribution in [3.8, 4) is 0 Å². The Bertz CT molecular complexity index is 940. The van der Waals surface area contributed by atoms with Gasteiger partial charge >= 0.3 is 5.97 Å². The molecule has 132 valence electrons. The number of carbonyl (C=O) groups is 1. The molecule has 7 nitrogen and oxygen atoms in total. The summed E-state index contributed by atoms with van der Waals surface area (Å²) in [5.41, 5.74) is 6.64. The smallest absolute Gasteiger partial charge is 0.339 e. The van der Waals surface area contributed by atoms with E-state index in [2.05, 4.69) is 36.2 Å². The maximum atomic E-state index is 13.1. The van der Waals surface area contributed by atoms with Crippen molar-refractivity contribution in [2.45, 2.75) is 6.61 Å². The number of rotatable bonds is 5. The maximum Gasteiger partial charge on any atom is 0.339 e. The predicted octanol–water partition coefficient (Wildman–Crippen LogP) is 3.46. The van der Waals surface area contributed by atoms with Gasteiger partial charge in [0.2, 0.25) is 11.9 Å². The molecule has 2 aromatic carbocycles. The van der Waals surface area contributed by atoms with Crippen LogP contribution in [0.1, 0.15) is 16.2 Å². The molecule has 26 heavy (non-hydrogen) atoms. The molecule has 0 radical (unpaired) electrons.